The van der Waals surface area contributed by atoms with E-state index < -0.39 is 0 Å². The van der Waals surface area contributed by atoms with Gasteiger partial charge >= 0.3 is 0 Å². The number of amides is 1. The van der Waals surface area contributed by atoms with Crippen LogP contribution in [0, 0.1) is 11.3 Å². The largest absolute Gasteiger partial charge is 0.491 e. The summed E-state index contributed by atoms with van der Waals surface area (Å²) in [4.78, 5) is 14.1. The monoisotopic (exact) mass is 281 g/mol. The summed E-state index contributed by atoms with van der Waals surface area (Å²) in [6.07, 6.45) is 0. The summed E-state index contributed by atoms with van der Waals surface area (Å²) in [5, 5.41) is 0. The Hall–Kier alpha value is -1.55. The molecule has 1 aliphatic heterocycles. The van der Waals surface area contributed by atoms with E-state index >= 15 is 0 Å². The number of benzene rings is 1. The zero-order valence-electron chi connectivity index (χ0n) is 13.4. The Labute approximate surface area is 122 Å². The van der Waals surface area contributed by atoms with Crippen molar-refractivity contribution in [1.29, 1.82) is 0 Å². The fourth-order valence-corrected chi connectivity index (χ4v) is 2.07. The van der Waals surface area contributed by atoms with Crippen molar-refractivity contribution in [3.05, 3.63) is 24.3 Å². The van der Waals surface area contributed by atoms with Gasteiger partial charge in [0, 0.05) is 7.05 Å². The van der Waals surface area contributed by atoms with E-state index in [1.807, 2.05) is 45.2 Å². The van der Waals surface area contributed by atoms with Crippen molar-refractivity contribution in [2.24, 2.45) is 11.3 Å². The normalized spacial score (nSPS) is 17.8. The number of nitrogens with zero attached hydrogens (tertiary/aromatic N) is 1. The van der Waals surface area contributed by atoms with E-state index in [-0.39, 0.29) is 22.7 Å². The zero-order chi connectivity index (χ0) is 14.6. The Morgan fingerprint density at radius 2 is 1.75 bits per heavy atom. The lowest BCUT2D eigenvalue weighted by molar-refractivity contribution is -0.126. The van der Waals surface area contributed by atoms with Gasteiger partial charge in [0.2, 0.25) is 5.91 Å². The smallest absolute Gasteiger partial charge is 0.233 e. The molecule has 1 aromatic rings. The molecule has 4 heteroatoms. The minimum absolute atomic E-state index is 0. The maximum Gasteiger partial charge on any atom is 0.233 e. The molecule has 114 valence electrons. The van der Waals surface area contributed by atoms with Crippen LogP contribution in [0.15, 0.2) is 24.3 Å². The van der Waals surface area contributed by atoms with Gasteiger partial charge in [-0.25, -0.2) is 0 Å². The van der Waals surface area contributed by atoms with Gasteiger partial charge in [0.15, 0.2) is 0 Å². The third kappa shape index (κ3) is 3.73. The van der Waals surface area contributed by atoms with Gasteiger partial charge in [-0.2, -0.15) is 0 Å². The summed E-state index contributed by atoms with van der Waals surface area (Å²) in [5.41, 5.74) is 0.761. The maximum atomic E-state index is 12.4. The molecule has 0 fully saturated rings. The van der Waals surface area contributed by atoms with Crippen LogP contribution in [0.25, 0.3) is 0 Å². The predicted octanol–water partition coefficient (Wildman–Crippen LogP) is 2.91. The van der Waals surface area contributed by atoms with Gasteiger partial charge in [0.1, 0.15) is 12.4 Å². The number of carbonyl (C=O) groups excluding carboxylic acids is 1. The predicted molar refractivity (Wildman–Crippen MR) is 83.3 cm³/mol. The maximum absolute atomic E-state index is 12.4. The van der Waals surface area contributed by atoms with E-state index in [4.69, 9.17) is 4.74 Å². The Balaban J connectivity index is 0.00000115. The van der Waals surface area contributed by atoms with Crippen LogP contribution in [0.5, 0.6) is 5.75 Å². The van der Waals surface area contributed by atoms with Crippen molar-refractivity contribution >= 4 is 11.6 Å². The molecule has 0 radical (unpaired) electrons. The molecule has 1 aromatic carbocycles. The van der Waals surface area contributed by atoms with E-state index in [1.165, 1.54) is 0 Å². The van der Waals surface area contributed by atoms with Gasteiger partial charge in [0.25, 0.3) is 0 Å². The number of fused-ring (bicyclic) bond motifs is 1. The molecule has 1 amide bonds. The van der Waals surface area contributed by atoms with E-state index in [1.54, 1.807) is 4.90 Å². The zero-order valence-corrected chi connectivity index (χ0v) is 13.4. The van der Waals surface area contributed by atoms with Gasteiger partial charge in [-0.05, 0) is 17.5 Å². The molecule has 2 rings (SSSR count). The molecule has 1 atom stereocenters. The lowest BCUT2D eigenvalue weighted by atomic mass is 9.80. The number of para-hydroxylation sites is 2. The highest BCUT2D eigenvalue weighted by atomic mass is 16.5. The summed E-state index contributed by atoms with van der Waals surface area (Å²) in [6, 6.07) is 7.67. The van der Waals surface area contributed by atoms with Crippen molar-refractivity contribution in [2.75, 3.05) is 18.6 Å². The lowest BCUT2D eigenvalue weighted by Crippen LogP contribution is -2.40. The van der Waals surface area contributed by atoms with Crippen molar-refractivity contribution in [3.63, 3.8) is 0 Å². The Morgan fingerprint density at radius 3 is 2.30 bits per heavy atom. The van der Waals surface area contributed by atoms with Crippen molar-refractivity contribution in [2.45, 2.75) is 34.6 Å². The van der Waals surface area contributed by atoms with E-state index in [0.717, 1.165) is 11.4 Å². The second kappa shape index (κ2) is 7.29. The van der Waals surface area contributed by atoms with Crippen molar-refractivity contribution < 1.29 is 15.0 Å². The highest BCUT2D eigenvalue weighted by Crippen LogP contribution is 2.36. The molecule has 1 unspecified atom stereocenters. The summed E-state index contributed by atoms with van der Waals surface area (Å²) in [6.45, 7) is 10.7. The third-order valence-electron chi connectivity index (χ3n) is 3.31. The fraction of sp³-hybridized carbons (Fsp3) is 0.562. The van der Waals surface area contributed by atoms with Crippen LogP contribution in [0.4, 0.5) is 5.69 Å². The molecule has 0 aromatic heterocycles. The van der Waals surface area contributed by atoms with Crippen LogP contribution in [-0.4, -0.2) is 25.0 Å². The molecule has 0 saturated carbocycles. The summed E-state index contributed by atoms with van der Waals surface area (Å²) < 4.78 is 5.77. The van der Waals surface area contributed by atoms with Gasteiger partial charge in [-0.1, -0.05) is 46.8 Å². The number of ether oxygens (including phenoxy) is 1. The van der Waals surface area contributed by atoms with Gasteiger partial charge in [-0.15, -0.1) is 0 Å². The minimum Gasteiger partial charge on any atom is -0.491 e. The minimum atomic E-state index is -0.111. The Bertz CT molecular complexity index is 438. The van der Waals surface area contributed by atoms with Gasteiger partial charge in [0.05, 0.1) is 11.6 Å². The Kier molecular flexibility index (Phi) is 6.73. The SMILES string of the molecule is CC.CN1C(=O)C(C(C)(C)C)COc2ccccc21.O. The van der Waals surface area contributed by atoms with Crippen LogP contribution < -0.4 is 9.64 Å². The first-order valence-corrected chi connectivity index (χ1v) is 6.90. The Morgan fingerprint density at radius 1 is 1.20 bits per heavy atom. The summed E-state index contributed by atoms with van der Waals surface area (Å²) >= 11 is 0. The van der Waals surface area contributed by atoms with Crippen LogP contribution in [0.3, 0.4) is 0 Å². The molecule has 2 N–H and O–H groups in total. The average molecular weight is 281 g/mol. The number of anilines is 1. The highest BCUT2D eigenvalue weighted by Gasteiger charge is 2.37. The molecule has 0 bridgehead atoms. The number of hydrogen-bond acceptors (Lipinski definition) is 2. The number of carbonyl (C=O) groups is 1. The standard InChI is InChI=1S/C14H19NO2.C2H6.H2O/c1-14(2,3)10-9-17-12-8-6-5-7-11(12)15(4)13(10)16;1-2;/h5-8,10H,9H2,1-4H3;1-2H3;1H2. The van der Waals surface area contributed by atoms with Crippen LogP contribution in [0.1, 0.15) is 34.6 Å². The molecular weight excluding hydrogens is 254 g/mol. The number of hydrogen-bond donors (Lipinski definition) is 0. The molecular formula is C16H27NO3. The molecule has 0 aliphatic carbocycles. The van der Waals surface area contributed by atoms with Crippen molar-refractivity contribution in [1.82, 2.24) is 0 Å². The molecule has 1 heterocycles. The summed E-state index contributed by atoms with van der Waals surface area (Å²) in [5.74, 6) is 0.803. The number of rotatable bonds is 0. The second-order valence-electron chi connectivity index (χ2n) is 5.59. The second-order valence-corrected chi connectivity index (χ2v) is 5.59. The molecule has 0 saturated heterocycles. The van der Waals surface area contributed by atoms with Gasteiger partial charge < -0.3 is 15.1 Å². The van der Waals surface area contributed by atoms with E-state index in [0.29, 0.717) is 6.61 Å². The topological polar surface area (TPSA) is 61.0 Å². The van der Waals surface area contributed by atoms with E-state index in [2.05, 4.69) is 20.8 Å². The van der Waals surface area contributed by atoms with Crippen LogP contribution >= 0.6 is 0 Å². The lowest BCUT2D eigenvalue weighted by Gasteiger charge is -2.29. The summed E-state index contributed by atoms with van der Waals surface area (Å²) in [7, 11) is 1.81. The first kappa shape index (κ1) is 18.4. The molecule has 20 heavy (non-hydrogen) atoms. The van der Waals surface area contributed by atoms with Gasteiger partial charge in [-0.3, -0.25) is 4.79 Å². The molecule has 1 aliphatic rings. The molecule has 4 nitrogen and oxygen atoms in total. The van der Waals surface area contributed by atoms with E-state index in [9.17, 15) is 4.79 Å². The van der Waals surface area contributed by atoms with Crippen molar-refractivity contribution in [3.8, 4) is 5.75 Å². The highest BCUT2D eigenvalue weighted by molar-refractivity contribution is 5.97. The quantitative estimate of drug-likeness (QED) is 0.734. The average Bonchev–Trinajstić information content (AvgIpc) is 2.51. The first-order valence-electron chi connectivity index (χ1n) is 6.90. The third-order valence-corrected chi connectivity index (χ3v) is 3.31. The molecule has 0 spiro atoms. The first-order chi connectivity index (χ1) is 8.91. The fourth-order valence-electron chi connectivity index (χ4n) is 2.07. The van der Waals surface area contributed by atoms with Crippen LogP contribution in [-0.2, 0) is 4.79 Å². The van der Waals surface area contributed by atoms with Crippen LogP contribution in [0.2, 0.25) is 0 Å².